The van der Waals surface area contributed by atoms with Crippen LogP contribution in [-0.2, 0) is 0 Å². The van der Waals surface area contributed by atoms with Gasteiger partial charge >= 0.3 is 0 Å². The lowest BCUT2D eigenvalue weighted by atomic mass is 10.5. The standard InChI is InChI=1S/C8H6NOS/c1-6-5-11-8(9-6)7-3-2-4-10-7/h2-4H,1H3. The number of furan rings is 1. The summed E-state index contributed by atoms with van der Waals surface area (Å²) >= 11 is 1.48. The molecule has 1 radical (unpaired) electrons. The molecule has 0 unspecified atom stereocenters. The molecule has 0 saturated carbocycles. The molecule has 55 valence electrons. The van der Waals surface area contributed by atoms with Crippen molar-refractivity contribution in [2.75, 3.05) is 0 Å². The minimum atomic E-state index is 0.819. The monoisotopic (exact) mass is 164 g/mol. The molecular weight excluding hydrogens is 158 g/mol. The summed E-state index contributed by atoms with van der Waals surface area (Å²) in [4.78, 5) is 4.22. The smallest absolute Gasteiger partial charge is 0.162 e. The molecule has 0 saturated heterocycles. The summed E-state index contributed by atoms with van der Waals surface area (Å²) in [6.07, 6.45) is 1.64. The third-order valence-electron chi connectivity index (χ3n) is 1.30. The molecule has 0 aliphatic heterocycles. The number of hydrogen-bond acceptors (Lipinski definition) is 3. The molecule has 2 aromatic rings. The van der Waals surface area contributed by atoms with Gasteiger partial charge in [0.25, 0.3) is 0 Å². The average molecular weight is 164 g/mol. The lowest BCUT2D eigenvalue weighted by molar-refractivity contribution is 0.581. The third kappa shape index (κ3) is 1.19. The minimum absolute atomic E-state index is 0.819. The van der Waals surface area contributed by atoms with Crippen molar-refractivity contribution in [3.63, 3.8) is 0 Å². The highest BCUT2D eigenvalue weighted by Crippen LogP contribution is 2.22. The molecule has 0 spiro atoms. The van der Waals surface area contributed by atoms with Gasteiger partial charge in [-0.05, 0) is 19.1 Å². The maximum atomic E-state index is 5.16. The van der Waals surface area contributed by atoms with Crippen molar-refractivity contribution in [1.29, 1.82) is 0 Å². The van der Waals surface area contributed by atoms with Crippen LogP contribution in [-0.4, -0.2) is 4.98 Å². The predicted molar refractivity (Wildman–Crippen MR) is 43.4 cm³/mol. The summed E-state index contributed by atoms with van der Waals surface area (Å²) < 4.78 is 5.16. The number of nitrogens with zero attached hydrogens (tertiary/aromatic N) is 1. The summed E-state index contributed by atoms with van der Waals surface area (Å²) in [6.45, 7) is 1.92. The average Bonchev–Trinajstić information content (AvgIpc) is 2.55. The molecule has 3 heteroatoms. The summed E-state index contributed by atoms with van der Waals surface area (Å²) in [5, 5.41) is 3.92. The Balaban J connectivity index is 2.45. The second kappa shape index (κ2) is 2.51. The number of hydrogen-bond donors (Lipinski definition) is 0. The molecule has 0 aliphatic rings. The Hall–Kier alpha value is -1.09. The number of thiazole rings is 1. The van der Waals surface area contributed by atoms with Gasteiger partial charge in [0.1, 0.15) is 0 Å². The molecule has 2 heterocycles. The molecule has 0 aliphatic carbocycles. The first-order chi connectivity index (χ1) is 5.36. The van der Waals surface area contributed by atoms with Crippen LogP contribution in [0.3, 0.4) is 0 Å². The second-order valence-electron chi connectivity index (χ2n) is 2.18. The predicted octanol–water partition coefficient (Wildman–Crippen LogP) is 2.51. The Morgan fingerprint density at radius 3 is 3.09 bits per heavy atom. The number of rotatable bonds is 1. The highest BCUT2D eigenvalue weighted by molar-refractivity contribution is 7.12. The van der Waals surface area contributed by atoms with Crippen LogP contribution in [0.25, 0.3) is 10.8 Å². The molecule has 2 rings (SSSR count). The van der Waals surface area contributed by atoms with Crippen molar-refractivity contribution in [3.8, 4) is 10.8 Å². The van der Waals surface area contributed by atoms with Crippen LogP contribution in [0.4, 0.5) is 0 Å². The maximum absolute atomic E-state index is 5.16. The van der Waals surface area contributed by atoms with Gasteiger partial charge in [-0.1, -0.05) is 0 Å². The number of aromatic nitrogens is 1. The summed E-state index contributed by atoms with van der Waals surface area (Å²) in [7, 11) is 0. The van der Waals surface area contributed by atoms with E-state index < -0.39 is 0 Å². The summed E-state index contributed by atoms with van der Waals surface area (Å²) in [6, 6.07) is 3.75. The van der Waals surface area contributed by atoms with Crippen molar-refractivity contribution in [1.82, 2.24) is 4.98 Å². The Labute approximate surface area is 68.5 Å². The zero-order valence-corrected chi connectivity index (χ0v) is 6.81. The van der Waals surface area contributed by atoms with E-state index in [0.717, 1.165) is 16.5 Å². The molecule has 0 atom stereocenters. The van der Waals surface area contributed by atoms with E-state index in [1.165, 1.54) is 11.3 Å². The lowest BCUT2D eigenvalue weighted by Crippen LogP contribution is -1.71. The van der Waals surface area contributed by atoms with Gasteiger partial charge in [0.15, 0.2) is 10.8 Å². The quantitative estimate of drug-likeness (QED) is 0.647. The topological polar surface area (TPSA) is 26.0 Å². The van der Waals surface area contributed by atoms with Crippen molar-refractivity contribution in [3.05, 3.63) is 29.5 Å². The van der Waals surface area contributed by atoms with E-state index in [9.17, 15) is 0 Å². The van der Waals surface area contributed by atoms with Crippen LogP contribution < -0.4 is 0 Å². The summed E-state index contributed by atoms with van der Waals surface area (Å²) in [5.41, 5.74) is 0.918. The molecule has 2 nitrogen and oxygen atoms in total. The molecule has 11 heavy (non-hydrogen) atoms. The Kier molecular flexibility index (Phi) is 1.51. The fraction of sp³-hybridized carbons (Fsp3) is 0.125. The van der Waals surface area contributed by atoms with Crippen LogP contribution in [0.5, 0.6) is 0 Å². The van der Waals surface area contributed by atoms with E-state index in [4.69, 9.17) is 4.42 Å². The van der Waals surface area contributed by atoms with Gasteiger partial charge in [0.2, 0.25) is 0 Å². The summed E-state index contributed by atoms with van der Waals surface area (Å²) in [5.74, 6) is 0.819. The first-order valence-electron chi connectivity index (χ1n) is 3.25. The van der Waals surface area contributed by atoms with Gasteiger partial charge in [0.05, 0.1) is 17.3 Å². The lowest BCUT2D eigenvalue weighted by Gasteiger charge is -1.84. The van der Waals surface area contributed by atoms with Gasteiger partial charge in [-0.15, -0.1) is 11.3 Å². The Morgan fingerprint density at radius 2 is 2.55 bits per heavy atom. The molecule has 0 bridgehead atoms. The molecule has 0 N–H and O–H groups in total. The largest absolute Gasteiger partial charge is 0.462 e. The molecule has 0 aromatic carbocycles. The van der Waals surface area contributed by atoms with Crippen molar-refractivity contribution >= 4 is 11.3 Å². The van der Waals surface area contributed by atoms with Crippen LogP contribution in [0.1, 0.15) is 5.69 Å². The fourth-order valence-electron chi connectivity index (χ4n) is 0.826. The van der Waals surface area contributed by atoms with Crippen molar-refractivity contribution < 1.29 is 4.42 Å². The van der Waals surface area contributed by atoms with Crippen molar-refractivity contribution in [2.24, 2.45) is 0 Å². The molecule has 0 fully saturated rings. The zero-order valence-electron chi connectivity index (χ0n) is 6.00. The van der Waals surface area contributed by atoms with Gasteiger partial charge < -0.3 is 4.42 Å². The van der Waals surface area contributed by atoms with E-state index in [-0.39, 0.29) is 0 Å². The van der Waals surface area contributed by atoms with Crippen LogP contribution in [0.2, 0.25) is 0 Å². The van der Waals surface area contributed by atoms with Crippen molar-refractivity contribution in [2.45, 2.75) is 6.92 Å². The highest BCUT2D eigenvalue weighted by Gasteiger charge is 2.03. The van der Waals surface area contributed by atoms with Gasteiger partial charge in [-0.25, -0.2) is 4.98 Å². The Bertz CT molecular complexity index is 337. The maximum Gasteiger partial charge on any atom is 0.162 e. The molecular formula is C8H6NOS. The zero-order chi connectivity index (χ0) is 7.68. The van der Waals surface area contributed by atoms with E-state index in [1.54, 1.807) is 6.26 Å². The first kappa shape index (κ1) is 6.61. The van der Waals surface area contributed by atoms with Gasteiger partial charge in [-0.3, -0.25) is 0 Å². The second-order valence-corrected chi connectivity index (χ2v) is 2.98. The van der Waals surface area contributed by atoms with Crippen LogP contribution in [0.15, 0.2) is 22.8 Å². The first-order valence-corrected chi connectivity index (χ1v) is 4.07. The highest BCUT2D eigenvalue weighted by atomic mass is 32.1. The van der Waals surface area contributed by atoms with E-state index >= 15 is 0 Å². The van der Waals surface area contributed by atoms with Crippen LogP contribution in [0, 0.1) is 12.3 Å². The van der Waals surface area contributed by atoms with E-state index in [2.05, 4.69) is 10.4 Å². The van der Waals surface area contributed by atoms with Gasteiger partial charge in [0, 0.05) is 0 Å². The molecule has 2 aromatic heterocycles. The third-order valence-corrected chi connectivity index (χ3v) is 2.18. The normalized spacial score (nSPS) is 10.3. The minimum Gasteiger partial charge on any atom is -0.462 e. The molecule has 0 amide bonds. The number of aryl methyl sites for hydroxylation is 1. The fourth-order valence-corrected chi connectivity index (χ4v) is 1.52. The SMILES string of the molecule is Cc1[c]sc(-c2ccco2)n1. The van der Waals surface area contributed by atoms with E-state index in [0.29, 0.717) is 0 Å². The van der Waals surface area contributed by atoms with E-state index in [1.807, 2.05) is 19.1 Å². The van der Waals surface area contributed by atoms with Gasteiger partial charge in [-0.2, -0.15) is 0 Å². The Morgan fingerprint density at radius 1 is 1.64 bits per heavy atom. The van der Waals surface area contributed by atoms with Crippen LogP contribution >= 0.6 is 11.3 Å².